The molecule has 1 aliphatic heterocycles. The molecule has 1 aromatic carbocycles. The molecule has 0 aliphatic carbocycles. The summed E-state index contributed by atoms with van der Waals surface area (Å²) in [5.41, 5.74) is 1.82. The van der Waals surface area contributed by atoms with E-state index in [-0.39, 0.29) is 18.2 Å². The van der Waals surface area contributed by atoms with Crippen LogP contribution in [0.15, 0.2) is 29.4 Å². The van der Waals surface area contributed by atoms with E-state index in [0.717, 1.165) is 18.4 Å². The van der Waals surface area contributed by atoms with Crippen LogP contribution in [-0.4, -0.2) is 46.5 Å². The van der Waals surface area contributed by atoms with Crippen LogP contribution in [0.3, 0.4) is 0 Å². The monoisotopic (exact) mass is 262 g/mol. The molecule has 102 valence electrons. The first kappa shape index (κ1) is 13.5. The van der Waals surface area contributed by atoms with Crippen molar-refractivity contribution in [3.63, 3.8) is 0 Å². The van der Waals surface area contributed by atoms with Crippen LogP contribution in [0, 0.1) is 0 Å². The Morgan fingerprint density at radius 3 is 2.84 bits per heavy atom. The molecule has 0 radical (unpaired) electrons. The SMILES string of the molecule is O=C1/C(=N/O)c2ccccc2CCCN1CCCO. The van der Waals surface area contributed by atoms with Gasteiger partial charge >= 0.3 is 0 Å². The number of amides is 1. The Morgan fingerprint density at radius 1 is 1.32 bits per heavy atom. The Kier molecular flexibility index (Phi) is 4.52. The third-order valence-electron chi connectivity index (χ3n) is 3.32. The third kappa shape index (κ3) is 2.93. The molecule has 0 spiro atoms. The molecule has 0 fully saturated rings. The maximum atomic E-state index is 12.4. The summed E-state index contributed by atoms with van der Waals surface area (Å²) in [6, 6.07) is 7.51. The van der Waals surface area contributed by atoms with Crippen molar-refractivity contribution < 1.29 is 15.1 Å². The van der Waals surface area contributed by atoms with Gasteiger partial charge < -0.3 is 15.2 Å². The zero-order valence-corrected chi connectivity index (χ0v) is 10.7. The first-order valence-corrected chi connectivity index (χ1v) is 6.48. The molecule has 0 bridgehead atoms. The lowest BCUT2D eigenvalue weighted by Gasteiger charge is -2.25. The van der Waals surface area contributed by atoms with Crippen molar-refractivity contribution >= 4 is 11.6 Å². The standard InChI is InChI=1S/C14H18N2O3/c17-10-4-9-16-8-3-6-11-5-1-2-7-12(11)13(15-19)14(16)18/h1-2,5,7,17,19H,3-4,6,8-10H2/b15-13+. The second-order valence-corrected chi connectivity index (χ2v) is 4.58. The van der Waals surface area contributed by atoms with E-state index in [2.05, 4.69) is 5.16 Å². The molecule has 1 aromatic rings. The summed E-state index contributed by atoms with van der Waals surface area (Å²) in [7, 11) is 0. The molecule has 0 unspecified atom stereocenters. The number of carbonyl (C=O) groups excluding carboxylic acids is 1. The van der Waals surface area contributed by atoms with Crippen LogP contribution in [0.1, 0.15) is 24.0 Å². The lowest BCUT2D eigenvalue weighted by Crippen LogP contribution is -2.40. The van der Waals surface area contributed by atoms with Crippen molar-refractivity contribution in [2.24, 2.45) is 5.16 Å². The molecule has 0 aromatic heterocycles. The fourth-order valence-corrected chi connectivity index (χ4v) is 2.37. The second-order valence-electron chi connectivity index (χ2n) is 4.58. The van der Waals surface area contributed by atoms with Crippen LogP contribution in [-0.2, 0) is 11.2 Å². The molecule has 0 atom stereocenters. The van der Waals surface area contributed by atoms with Gasteiger partial charge in [0.15, 0.2) is 5.71 Å². The van der Waals surface area contributed by atoms with Crippen molar-refractivity contribution in [2.75, 3.05) is 19.7 Å². The van der Waals surface area contributed by atoms with Crippen molar-refractivity contribution in [3.05, 3.63) is 35.4 Å². The highest BCUT2D eigenvalue weighted by atomic mass is 16.4. The van der Waals surface area contributed by atoms with Gasteiger partial charge in [-0.3, -0.25) is 4.79 Å². The van der Waals surface area contributed by atoms with E-state index in [9.17, 15) is 4.79 Å². The molecule has 1 amide bonds. The van der Waals surface area contributed by atoms with Crippen molar-refractivity contribution in [3.8, 4) is 0 Å². The Labute approximate surface area is 112 Å². The fourth-order valence-electron chi connectivity index (χ4n) is 2.37. The van der Waals surface area contributed by atoms with Gasteiger partial charge in [0.25, 0.3) is 5.91 Å². The average Bonchev–Trinajstić information content (AvgIpc) is 2.43. The molecule has 19 heavy (non-hydrogen) atoms. The minimum atomic E-state index is -0.275. The molecule has 0 saturated carbocycles. The number of rotatable bonds is 3. The number of aryl methyl sites for hydroxylation is 1. The Morgan fingerprint density at radius 2 is 2.11 bits per heavy atom. The highest BCUT2D eigenvalue weighted by molar-refractivity contribution is 6.45. The quantitative estimate of drug-likeness (QED) is 0.631. The first-order chi connectivity index (χ1) is 9.27. The number of aliphatic hydroxyl groups excluding tert-OH is 1. The smallest absolute Gasteiger partial charge is 0.276 e. The minimum absolute atomic E-state index is 0.0476. The largest absolute Gasteiger partial charge is 0.410 e. The summed E-state index contributed by atoms with van der Waals surface area (Å²) in [6.07, 6.45) is 2.25. The minimum Gasteiger partial charge on any atom is -0.410 e. The number of hydrogen-bond acceptors (Lipinski definition) is 4. The van der Waals surface area contributed by atoms with Gasteiger partial charge in [-0.15, -0.1) is 0 Å². The summed E-state index contributed by atoms with van der Waals surface area (Å²) in [5, 5.41) is 21.2. The molecular formula is C14H18N2O3. The van der Waals surface area contributed by atoms with Crippen LogP contribution in [0.2, 0.25) is 0 Å². The Hall–Kier alpha value is -1.88. The molecule has 1 heterocycles. The molecular weight excluding hydrogens is 244 g/mol. The number of aliphatic hydroxyl groups is 1. The third-order valence-corrected chi connectivity index (χ3v) is 3.32. The number of carbonyl (C=O) groups is 1. The van der Waals surface area contributed by atoms with Gasteiger partial charge in [-0.05, 0) is 24.8 Å². The fraction of sp³-hybridized carbons (Fsp3) is 0.429. The number of fused-ring (bicyclic) bond motifs is 1. The summed E-state index contributed by atoms with van der Waals surface area (Å²) in [5.74, 6) is -0.275. The van der Waals surface area contributed by atoms with Crippen molar-refractivity contribution in [1.29, 1.82) is 0 Å². The normalized spacial score (nSPS) is 18.1. The predicted octanol–water partition coefficient (Wildman–Crippen LogP) is 1.02. The number of hydrogen-bond donors (Lipinski definition) is 2. The van der Waals surface area contributed by atoms with Crippen LogP contribution >= 0.6 is 0 Å². The van der Waals surface area contributed by atoms with E-state index >= 15 is 0 Å². The molecule has 1 aliphatic rings. The van der Waals surface area contributed by atoms with Gasteiger partial charge in [0, 0.05) is 25.3 Å². The number of benzene rings is 1. The molecule has 5 nitrogen and oxygen atoms in total. The van der Waals surface area contributed by atoms with Crippen LogP contribution in [0.4, 0.5) is 0 Å². The van der Waals surface area contributed by atoms with E-state index in [0.29, 0.717) is 25.1 Å². The zero-order chi connectivity index (χ0) is 13.7. The maximum absolute atomic E-state index is 12.4. The zero-order valence-electron chi connectivity index (χ0n) is 10.7. The number of oxime groups is 1. The Balaban J connectivity index is 2.32. The van der Waals surface area contributed by atoms with Gasteiger partial charge in [0.1, 0.15) is 0 Å². The van der Waals surface area contributed by atoms with E-state index in [1.165, 1.54) is 0 Å². The summed E-state index contributed by atoms with van der Waals surface area (Å²) in [6.45, 7) is 1.15. The van der Waals surface area contributed by atoms with E-state index < -0.39 is 0 Å². The van der Waals surface area contributed by atoms with Crippen molar-refractivity contribution in [1.82, 2.24) is 4.90 Å². The predicted molar refractivity (Wildman–Crippen MR) is 71.4 cm³/mol. The first-order valence-electron chi connectivity index (χ1n) is 6.48. The number of nitrogens with zero attached hydrogens (tertiary/aromatic N) is 2. The van der Waals surface area contributed by atoms with Crippen LogP contribution in [0.5, 0.6) is 0 Å². The van der Waals surface area contributed by atoms with Gasteiger partial charge in [-0.2, -0.15) is 0 Å². The van der Waals surface area contributed by atoms with Crippen molar-refractivity contribution in [2.45, 2.75) is 19.3 Å². The molecule has 2 N–H and O–H groups in total. The maximum Gasteiger partial charge on any atom is 0.276 e. The molecule has 0 saturated heterocycles. The van der Waals surface area contributed by atoms with Gasteiger partial charge in [-0.1, -0.05) is 29.4 Å². The molecule has 2 rings (SSSR count). The highest BCUT2D eigenvalue weighted by Crippen LogP contribution is 2.17. The molecule has 5 heteroatoms. The topological polar surface area (TPSA) is 73.1 Å². The van der Waals surface area contributed by atoms with Gasteiger partial charge in [0.2, 0.25) is 0 Å². The summed E-state index contributed by atoms with van der Waals surface area (Å²) < 4.78 is 0. The second kappa shape index (κ2) is 6.33. The summed E-state index contributed by atoms with van der Waals surface area (Å²) >= 11 is 0. The van der Waals surface area contributed by atoms with Crippen LogP contribution < -0.4 is 0 Å². The van der Waals surface area contributed by atoms with E-state index in [1.54, 1.807) is 11.0 Å². The average molecular weight is 262 g/mol. The highest BCUT2D eigenvalue weighted by Gasteiger charge is 2.25. The lowest BCUT2D eigenvalue weighted by atomic mass is 9.96. The van der Waals surface area contributed by atoms with Crippen LogP contribution in [0.25, 0.3) is 0 Å². The lowest BCUT2D eigenvalue weighted by molar-refractivity contribution is -0.124. The Bertz CT molecular complexity index is 485. The van der Waals surface area contributed by atoms with Gasteiger partial charge in [-0.25, -0.2) is 0 Å². The van der Waals surface area contributed by atoms with E-state index in [4.69, 9.17) is 10.3 Å². The summed E-state index contributed by atoms with van der Waals surface area (Å²) in [4.78, 5) is 14.0. The van der Waals surface area contributed by atoms with E-state index in [1.807, 2.05) is 18.2 Å². The van der Waals surface area contributed by atoms with Gasteiger partial charge in [0.05, 0.1) is 0 Å².